The van der Waals surface area contributed by atoms with Gasteiger partial charge in [0.05, 0.1) is 0 Å². The van der Waals surface area contributed by atoms with Crippen molar-refractivity contribution in [2.24, 2.45) is 4.99 Å². The number of hydrogen-bond acceptors (Lipinski definition) is 5. The van der Waals surface area contributed by atoms with Crippen molar-refractivity contribution in [1.82, 2.24) is 20.8 Å². The van der Waals surface area contributed by atoms with Gasteiger partial charge in [-0.25, -0.2) is 4.99 Å². The molecule has 0 atom stereocenters. The maximum atomic E-state index is 5.90. The zero-order valence-electron chi connectivity index (χ0n) is 14.4. The first kappa shape index (κ1) is 18.4. The van der Waals surface area contributed by atoms with Crippen molar-refractivity contribution < 1.29 is 4.52 Å². The van der Waals surface area contributed by atoms with E-state index in [4.69, 9.17) is 16.1 Å². The van der Waals surface area contributed by atoms with Crippen molar-refractivity contribution >= 4 is 28.9 Å². The summed E-state index contributed by atoms with van der Waals surface area (Å²) in [5.41, 5.74) is 0.856. The molecule has 0 amide bonds. The lowest BCUT2D eigenvalue weighted by Crippen LogP contribution is -2.38. The van der Waals surface area contributed by atoms with Gasteiger partial charge in [0.2, 0.25) is 11.7 Å². The van der Waals surface area contributed by atoms with Crippen molar-refractivity contribution in [2.75, 3.05) is 13.1 Å². The second kappa shape index (κ2) is 9.35. The van der Waals surface area contributed by atoms with Gasteiger partial charge in [0.15, 0.2) is 5.96 Å². The predicted molar refractivity (Wildman–Crippen MR) is 106 cm³/mol. The first-order valence-corrected chi connectivity index (χ1v) is 9.63. The average molecular weight is 390 g/mol. The number of aliphatic imine (C=N–C) groups is 1. The largest absolute Gasteiger partial charge is 0.357 e. The second-order valence-electron chi connectivity index (χ2n) is 5.47. The number of benzene rings is 1. The van der Waals surface area contributed by atoms with Crippen molar-refractivity contribution in [2.45, 2.75) is 19.9 Å². The Morgan fingerprint density at radius 2 is 2.08 bits per heavy atom. The molecule has 136 valence electrons. The summed E-state index contributed by atoms with van der Waals surface area (Å²) in [5, 5.41) is 13.3. The van der Waals surface area contributed by atoms with E-state index in [1.807, 2.05) is 19.1 Å². The van der Waals surface area contributed by atoms with E-state index in [1.54, 1.807) is 23.5 Å². The number of halogens is 1. The van der Waals surface area contributed by atoms with Gasteiger partial charge in [-0.15, -0.1) is 11.3 Å². The highest BCUT2D eigenvalue weighted by Gasteiger charge is 2.08. The summed E-state index contributed by atoms with van der Waals surface area (Å²) in [6, 6.07) is 11.5. The van der Waals surface area contributed by atoms with E-state index in [2.05, 4.69) is 43.3 Å². The summed E-state index contributed by atoms with van der Waals surface area (Å²) in [6.07, 6.45) is 0.962. The molecule has 0 aliphatic rings. The summed E-state index contributed by atoms with van der Waals surface area (Å²) in [7, 11) is 0. The van der Waals surface area contributed by atoms with Crippen LogP contribution in [-0.4, -0.2) is 29.2 Å². The lowest BCUT2D eigenvalue weighted by atomic mass is 10.2. The lowest BCUT2D eigenvalue weighted by Gasteiger charge is -2.10. The van der Waals surface area contributed by atoms with E-state index in [9.17, 15) is 0 Å². The number of nitrogens with one attached hydrogen (secondary N) is 2. The Kier molecular flexibility index (Phi) is 6.62. The van der Waals surface area contributed by atoms with E-state index >= 15 is 0 Å². The monoisotopic (exact) mass is 389 g/mol. The fourth-order valence-corrected chi connectivity index (χ4v) is 3.12. The highest BCUT2D eigenvalue weighted by atomic mass is 35.5. The molecular weight excluding hydrogens is 370 g/mol. The van der Waals surface area contributed by atoms with Crippen LogP contribution in [0.1, 0.15) is 17.7 Å². The Hall–Kier alpha value is -2.38. The summed E-state index contributed by atoms with van der Waals surface area (Å²) < 4.78 is 5.29. The van der Waals surface area contributed by atoms with Gasteiger partial charge in [-0.3, -0.25) is 0 Å². The molecule has 0 aliphatic heterocycles. The molecule has 0 saturated carbocycles. The molecule has 2 N–H and O–H groups in total. The summed E-state index contributed by atoms with van der Waals surface area (Å²) in [6.45, 7) is 3.94. The van der Waals surface area contributed by atoms with Crippen LogP contribution in [0, 0.1) is 0 Å². The van der Waals surface area contributed by atoms with Crippen LogP contribution in [0.4, 0.5) is 0 Å². The molecular formula is C18H20ClN5OS. The molecule has 0 unspecified atom stereocenters. The number of rotatable bonds is 7. The maximum Gasteiger partial charge on any atom is 0.248 e. The standard InChI is InChI=1S/C18H20ClN5OS/c1-2-20-18(21-10-9-15-4-3-11-26-15)22-12-16-23-17(24-25-16)13-5-7-14(19)8-6-13/h3-8,11H,2,9-10,12H2,1H3,(H2,20,21,22). The van der Waals surface area contributed by atoms with Crippen molar-refractivity contribution in [1.29, 1.82) is 0 Å². The smallest absolute Gasteiger partial charge is 0.248 e. The third kappa shape index (κ3) is 5.31. The van der Waals surface area contributed by atoms with E-state index < -0.39 is 0 Å². The van der Waals surface area contributed by atoms with Crippen molar-refractivity contribution in [3.05, 3.63) is 57.6 Å². The number of nitrogens with zero attached hydrogens (tertiary/aromatic N) is 3. The molecule has 0 saturated heterocycles. The van der Waals surface area contributed by atoms with Crippen LogP contribution in [-0.2, 0) is 13.0 Å². The highest BCUT2D eigenvalue weighted by Crippen LogP contribution is 2.18. The first-order valence-electron chi connectivity index (χ1n) is 8.37. The van der Waals surface area contributed by atoms with Gasteiger partial charge < -0.3 is 15.2 Å². The van der Waals surface area contributed by atoms with Gasteiger partial charge in [0.1, 0.15) is 6.54 Å². The molecule has 6 nitrogen and oxygen atoms in total. The number of thiophene rings is 1. The molecule has 1 aromatic carbocycles. The van der Waals surface area contributed by atoms with Gasteiger partial charge in [-0.2, -0.15) is 4.98 Å². The first-order chi connectivity index (χ1) is 12.7. The van der Waals surface area contributed by atoms with E-state index in [0.29, 0.717) is 23.3 Å². The minimum absolute atomic E-state index is 0.314. The molecule has 8 heteroatoms. The van der Waals surface area contributed by atoms with Gasteiger partial charge in [0, 0.05) is 28.6 Å². The zero-order chi connectivity index (χ0) is 18.2. The molecule has 0 radical (unpaired) electrons. The Labute approximate surface area is 161 Å². The number of guanidine groups is 1. The molecule has 3 aromatic rings. The average Bonchev–Trinajstić information content (AvgIpc) is 3.32. The van der Waals surface area contributed by atoms with Crippen LogP contribution in [0.2, 0.25) is 5.02 Å². The molecule has 0 bridgehead atoms. The van der Waals surface area contributed by atoms with Gasteiger partial charge in [-0.1, -0.05) is 22.8 Å². The molecule has 0 spiro atoms. The van der Waals surface area contributed by atoms with Gasteiger partial charge in [0.25, 0.3) is 0 Å². The van der Waals surface area contributed by atoms with Crippen LogP contribution < -0.4 is 10.6 Å². The fraction of sp³-hybridized carbons (Fsp3) is 0.278. The van der Waals surface area contributed by atoms with Crippen LogP contribution in [0.5, 0.6) is 0 Å². The van der Waals surface area contributed by atoms with Gasteiger partial charge in [-0.05, 0) is 49.1 Å². The fourth-order valence-electron chi connectivity index (χ4n) is 2.28. The Bertz CT molecular complexity index is 830. The molecule has 26 heavy (non-hydrogen) atoms. The SMILES string of the molecule is CCNC(=NCc1nc(-c2ccc(Cl)cc2)no1)NCCc1cccs1. The van der Waals surface area contributed by atoms with E-state index in [-0.39, 0.29) is 0 Å². The minimum atomic E-state index is 0.314. The third-order valence-corrected chi connectivity index (χ3v) is 4.72. The topological polar surface area (TPSA) is 75.3 Å². The van der Waals surface area contributed by atoms with E-state index in [1.165, 1.54) is 4.88 Å². The molecule has 0 aliphatic carbocycles. The number of hydrogen-bond donors (Lipinski definition) is 2. The Balaban J connectivity index is 1.57. The Morgan fingerprint density at radius 3 is 2.81 bits per heavy atom. The molecule has 3 rings (SSSR count). The summed E-state index contributed by atoms with van der Waals surface area (Å²) >= 11 is 7.66. The van der Waals surface area contributed by atoms with E-state index in [0.717, 1.165) is 31.0 Å². The number of aromatic nitrogens is 2. The molecule has 2 heterocycles. The zero-order valence-corrected chi connectivity index (χ0v) is 16.0. The molecule has 2 aromatic heterocycles. The summed E-state index contributed by atoms with van der Waals surface area (Å²) in [5.74, 6) is 1.73. The van der Waals surface area contributed by atoms with Crippen LogP contribution in [0.15, 0.2) is 51.3 Å². The van der Waals surface area contributed by atoms with Crippen LogP contribution in [0.3, 0.4) is 0 Å². The second-order valence-corrected chi connectivity index (χ2v) is 6.94. The van der Waals surface area contributed by atoms with Crippen molar-refractivity contribution in [3.63, 3.8) is 0 Å². The highest BCUT2D eigenvalue weighted by molar-refractivity contribution is 7.09. The van der Waals surface area contributed by atoms with Crippen LogP contribution >= 0.6 is 22.9 Å². The van der Waals surface area contributed by atoms with Crippen molar-refractivity contribution in [3.8, 4) is 11.4 Å². The van der Waals surface area contributed by atoms with Gasteiger partial charge >= 0.3 is 0 Å². The van der Waals surface area contributed by atoms with Crippen LogP contribution in [0.25, 0.3) is 11.4 Å². The minimum Gasteiger partial charge on any atom is -0.357 e. The molecule has 0 fully saturated rings. The third-order valence-electron chi connectivity index (χ3n) is 3.53. The normalized spacial score (nSPS) is 11.5. The summed E-state index contributed by atoms with van der Waals surface area (Å²) in [4.78, 5) is 10.2. The predicted octanol–water partition coefficient (Wildman–Crippen LogP) is 3.75. The maximum absolute atomic E-state index is 5.90. The lowest BCUT2D eigenvalue weighted by molar-refractivity contribution is 0.380. The quantitative estimate of drug-likeness (QED) is 0.475. The Morgan fingerprint density at radius 1 is 1.23 bits per heavy atom.